The number of hydrogen-bond acceptors (Lipinski definition) is 3. The lowest BCUT2D eigenvalue weighted by atomic mass is 10.1. The van der Waals surface area contributed by atoms with Crippen LogP contribution in [0.5, 0.6) is 0 Å². The van der Waals surface area contributed by atoms with Crippen LogP contribution in [-0.2, 0) is 11.3 Å². The molecule has 2 rings (SSSR count). The summed E-state index contributed by atoms with van der Waals surface area (Å²) in [5.41, 5.74) is 2.98. The molecule has 2 amide bonds. The van der Waals surface area contributed by atoms with Gasteiger partial charge < -0.3 is 15.4 Å². The van der Waals surface area contributed by atoms with Crippen LogP contribution in [0.3, 0.4) is 0 Å². The summed E-state index contributed by atoms with van der Waals surface area (Å²) in [6.07, 6.45) is 1.74. The van der Waals surface area contributed by atoms with Crippen LogP contribution in [0.1, 0.15) is 19.4 Å². The molecular formula is C18H23N3O2. The first-order valence-corrected chi connectivity index (χ1v) is 7.67. The summed E-state index contributed by atoms with van der Waals surface area (Å²) >= 11 is 0. The summed E-state index contributed by atoms with van der Waals surface area (Å²) in [5.74, 6) is 0. The maximum atomic E-state index is 11.9. The predicted molar refractivity (Wildman–Crippen MR) is 91.0 cm³/mol. The lowest BCUT2D eigenvalue weighted by molar-refractivity contribution is 0.0911. The molecule has 0 fully saturated rings. The number of aromatic nitrogens is 1. The highest BCUT2D eigenvalue weighted by molar-refractivity contribution is 5.74. The van der Waals surface area contributed by atoms with Crippen LogP contribution in [-0.4, -0.2) is 30.3 Å². The fourth-order valence-electron chi connectivity index (χ4n) is 2.14. The van der Waals surface area contributed by atoms with Gasteiger partial charge in [0.2, 0.25) is 0 Å². The van der Waals surface area contributed by atoms with Gasteiger partial charge in [0.05, 0.1) is 17.8 Å². The van der Waals surface area contributed by atoms with Crippen molar-refractivity contribution in [2.24, 2.45) is 0 Å². The Hall–Kier alpha value is -2.40. The average molecular weight is 313 g/mol. The van der Waals surface area contributed by atoms with Gasteiger partial charge in [-0.05, 0) is 37.6 Å². The molecule has 1 heterocycles. The van der Waals surface area contributed by atoms with Gasteiger partial charge in [0.25, 0.3) is 0 Å². The average Bonchev–Trinajstić information content (AvgIpc) is 2.60. The van der Waals surface area contributed by atoms with Gasteiger partial charge in [0, 0.05) is 25.4 Å². The second kappa shape index (κ2) is 8.29. The molecule has 0 radical (unpaired) electrons. The number of methoxy groups -OCH3 is 1. The first-order chi connectivity index (χ1) is 11.1. The summed E-state index contributed by atoms with van der Waals surface area (Å²) in [4.78, 5) is 16.3. The van der Waals surface area contributed by atoms with E-state index in [-0.39, 0.29) is 18.2 Å². The molecule has 2 atom stereocenters. The minimum atomic E-state index is -0.204. The van der Waals surface area contributed by atoms with E-state index < -0.39 is 0 Å². The van der Waals surface area contributed by atoms with Crippen molar-refractivity contribution >= 4 is 6.03 Å². The van der Waals surface area contributed by atoms with E-state index in [1.54, 1.807) is 13.3 Å². The van der Waals surface area contributed by atoms with E-state index in [1.807, 2.05) is 56.3 Å². The fraction of sp³-hybridized carbons (Fsp3) is 0.333. The second-order valence-electron chi connectivity index (χ2n) is 5.47. The molecule has 1 aromatic heterocycles. The number of urea groups is 1. The zero-order chi connectivity index (χ0) is 16.7. The standard InChI is InChI=1S/C18H23N3O2/c1-13(14(2)23-3)21-18(22)20-12-15-7-6-8-16(11-15)17-9-4-5-10-19-17/h4-11,13-14H,12H2,1-3H3,(H2,20,21,22)/t13-,14+/m0/s1. The number of ether oxygens (including phenoxy) is 1. The zero-order valence-corrected chi connectivity index (χ0v) is 13.7. The zero-order valence-electron chi connectivity index (χ0n) is 13.7. The number of hydrogen-bond donors (Lipinski definition) is 2. The highest BCUT2D eigenvalue weighted by Gasteiger charge is 2.13. The van der Waals surface area contributed by atoms with Gasteiger partial charge in [-0.3, -0.25) is 4.98 Å². The summed E-state index contributed by atoms with van der Waals surface area (Å²) in [5, 5.41) is 5.72. The van der Waals surface area contributed by atoms with Crippen LogP contribution in [0, 0.1) is 0 Å². The molecule has 5 heteroatoms. The Morgan fingerprint density at radius 3 is 2.74 bits per heavy atom. The van der Waals surface area contributed by atoms with Crippen molar-refractivity contribution < 1.29 is 9.53 Å². The van der Waals surface area contributed by atoms with Gasteiger partial charge in [0.15, 0.2) is 0 Å². The number of amides is 2. The second-order valence-corrected chi connectivity index (χ2v) is 5.47. The SMILES string of the molecule is CO[C@H](C)[C@H](C)NC(=O)NCc1cccc(-c2ccccn2)c1. The molecule has 122 valence electrons. The molecule has 5 nitrogen and oxygen atoms in total. The number of carbonyl (C=O) groups excluding carboxylic acids is 1. The topological polar surface area (TPSA) is 63.2 Å². The Morgan fingerprint density at radius 2 is 2.04 bits per heavy atom. The van der Waals surface area contributed by atoms with E-state index in [1.165, 1.54) is 0 Å². The third-order valence-electron chi connectivity index (χ3n) is 3.78. The van der Waals surface area contributed by atoms with Crippen molar-refractivity contribution in [1.82, 2.24) is 15.6 Å². The molecule has 0 aliphatic heterocycles. The van der Waals surface area contributed by atoms with Crippen molar-refractivity contribution in [1.29, 1.82) is 0 Å². The van der Waals surface area contributed by atoms with Crippen molar-refractivity contribution in [3.63, 3.8) is 0 Å². The van der Waals surface area contributed by atoms with Crippen LogP contribution < -0.4 is 10.6 Å². The molecule has 0 unspecified atom stereocenters. The third-order valence-corrected chi connectivity index (χ3v) is 3.78. The predicted octanol–water partition coefficient (Wildman–Crippen LogP) is 2.97. The highest BCUT2D eigenvalue weighted by atomic mass is 16.5. The van der Waals surface area contributed by atoms with Crippen molar-refractivity contribution in [3.05, 3.63) is 54.2 Å². The Labute approximate surface area is 137 Å². The van der Waals surface area contributed by atoms with Crippen LogP contribution in [0.15, 0.2) is 48.7 Å². The number of nitrogens with one attached hydrogen (secondary N) is 2. The molecule has 2 N–H and O–H groups in total. The monoisotopic (exact) mass is 313 g/mol. The van der Waals surface area contributed by atoms with E-state index >= 15 is 0 Å². The Balaban J connectivity index is 1.92. The van der Waals surface area contributed by atoms with Crippen molar-refractivity contribution in [2.75, 3.05) is 7.11 Å². The minimum absolute atomic E-state index is 0.0340. The first kappa shape index (κ1) is 17.0. The highest BCUT2D eigenvalue weighted by Crippen LogP contribution is 2.17. The van der Waals surface area contributed by atoms with E-state index in [9.17, 15) is 4.79 Å². The summed E-state index contributed by atoms with van der Waals surface area (Å²) in [7, 11) is 1.63. The molecule has 0 bridgehead atoms. The van der Waals surface area contributed by atoms with Gasteiger partial charge in [-0.2, -0.15) is 0 Å². The number of nitrogens with zero attached hydrogens (tertiary/aromatic N) is 1. The first-order valence-electron chi connectivity index (χ1n) is 7.67. The van der Waals surface area contributed by atoms with Gasteiger partial charge >= 0.3 is 6.03 Å². The Kier molecular flexibility index (Phi) is 6.11. The van der Waals surface area contributed by atoms with E-state index in [0.29, 0.717) is 6.54 Å². The van der Waals surface area contributed by atoms with Crippen LogP contribution >= 0.6 is 0 Å². The third kappa shape index (κ3) is 5.07. The normalized spacial score (nSPS) is 13.2. The van der Waals surface area contributed by atoms with Gasteiger partial charge in [-0.1, -0.05) is 24.3 Å². The van der Waals surface area contributed by atoms with Crippen LogP contribution in [0.2, 0.25) is 0 Å². The van der Waals surface area contributed by atoms with E-state index in [0.717, 1.165) is 16.8 Å². The van der Waals surface area contributed by atoms with Gasteiger partial charge in [0.1, 0.15) is 0 Å². The molecule has 0 saturated carbocycles. The number of pyridine rings is 1. The maximum absolute atomic E-state index is 11.9. The summed E-state index contributed by atoms with van der Waals surface area (Å²) < 4.78 is 5.19. The number of benzene rings is 1. The minimum Gasteiger partial charge on any atom is -0.380 e. The van der Waals surface area contributed by atoms with Gasteiger partial charge in [-0.25, -0.2) is 4.79 Å². The molecule has 2 aromatic rings. The number of rotatable bonds is 6. The van der Waals surface area contributed by atoms with Gasteiger partial charge in [-0.15, -0.1) is 0 Å². The van der Waals surface area contributed by atoms with Crippen LogP contribution in [0.25, 0.3) is 11.3 Å². The largest absolute Gasteiger partial charge is 0.380 e. The molecule has 23 heavy (non-hydrogen) atoms. The molecule has 1 aromatic carbocycles. The van der Waals surface area contributed by atoms with E-state index in [4.69, 9.17) is 4.74 Å². The molecule has 0 saturated heterocycles. The summed E-state index contributed by atoms with van der Waals surface area (Å²) in [6.45, 7) is 4.29. The molecule has 0 aliphatic rings. The molecule has 0 spiro atoms. The smallest absolute Gasteiger partial charge is 0.315 e. The maximum Gasteiger partial charge on any atom is 0.315 e. The lowest BCUT2D eigenvalue weighted by Crippen LogP contribution is -2.45. The molecule has 0 aliphatic carbocycles. The quantitative estimate of drug-likeness (QED) is 0.862. The number of carbonyl (C=O) groups is 1. The fourth-order valence-corrected chi connectivity index (χ4v) is 2.14. The Bertz CT molecular complexity index is 631. The Morgan fingerprint density at radius 1 is 1.22 bits per heavy atom. The van der Waals surface area contributed by atoms with E-state index in [2.05, 4.69) is 15.6 Å². The van der Waals surface area contributed by atoms with Crippen molar-refractivity contribution in [3.8, 4) is 11.3 Å². The summed E-state index contributed by atoms with van der Waals surface area (Å²) in [6, 6.07) is 13.5. The van der Waals surface area contributed by atoms with Crippen molar-refractivity contribution in [2.45, 2.75) is 32.5 Å². The van der Waals surface area contributed by atoms with Crippen LogP contribution in [0.4, 0.5) is 4.79 Å². The lowest BCUT2D eigenvalue weighted by Gasteiger charge is -2.20. The molecular weight excluding hydrogens is 290 g/mol.